The zero-order valence-corrected chi connectivity index (χ0v) is 12.5. The molecule has 1 atom stereocenters. The van der Waals surface area contributed by atoms with Crippen LogP contribution in [0.25, 0.3) is 0 Å². The molecule has 1 aliphatic rings. The fraction of sp³-hybridized carbons (Fsp3) is 0.500. The molecule has 1 unspecified atom stereocenters. The van der Waals surface area contributed by atoms with Crippen LogP contribution in [0.5, 0.6) is 0 Å². The van der Waals surface area contributed by atoms with Crippen molar-refractivity contribution in [3.63, 3.8) is 0 Å². The summed E-state index contributed by atoms with van der Waals surface area (Å²) in [5, 5.41) is 10.5. The lowest BCUT2D eigenvalue weighted by molar-refractivity contribution is 0.209. The molecule has 0 bridgehead atoms. The standard InChI is InChI=1S/C16H21BrO/c1-12-9-10-14(11-15(12)17)16(18)13-7-5-3-2-4-6-8-13/h7,9-11,16,18H,2-6,8H2,1H3/b13-7+. The lowest BCUT2D eigenvalue weighted by Gasteiger charge is -2.18. The molecule has 0 amide bonds. The second-order valence-corrected chi connectivity index (χ2v) is 6.00. The van der Waals surface area contributed by atoms with Crippen LogP contribution in [0, 0.1) is 6.92 Å². The molecule has 0 radical (unpaired) electrons. The molecule has 1 aliphatic carbocycles. The highest BCUT2D eigenvalue weighted by Gasteiger charge is 2.14. The van der Waals surface area contributed by atoms with Crippen molar-refractivity contribution in [2.24, 2.45) is 0 Å². The Bertz CT molecular complexity index is 437. The average molecular weight is 309 g/mol. The van der Waals surface area contributed by atoms with Crippen LogP contribution < -0.4 is 0 Å². The first kappa shape index (κ1) is 13.8. The van der Waals surface area contributed by atoms with Gasteiger partial charge < -0.3 is 5.11 Å². The maximum atomic E-state index is 10.5. The molecule has 0 spiro atoms. The van der Waals surface area contributed by atoms with Crippen molar-refractivity contribution in [2.45, 2.75) is 51.6 Å². The minimum absolute atomic E-state index is 0.431. The van der Waals surface area contributed by atoms with Crippen LogP contribution >= 0.6 is 15.9 Å². The Morgan fingerprint density at radius 2 is 1.94 bits per heavy atom. The molecule has 0 heterocycles. The molecule has 98 valence electrons. The van der Waals surface area contributed by atoms with Crippen molar-refractivity contribution in [1.29, 1.82) is 0 Å². The number of benzene rings is 1. The molecule has 0 aromatic heterocycles. The lowest BCUT2D eigenvalue weighted by Crippen LogP contribution is -2.04. The highest BCUT2D eigenvalue weighted by Crippen LogP contribution is 2.30. The van der Waals surface area contributed by atoms with Crippen LogP contribution in [0.4, 0.5) is 0 Å². The largest absolute Gasteiger partial charge is 0.384 e. The third kappa shape index (κ3) is 3.46. The highest BCUT2D eigenvalue weighted by atomic mass is 79.9. The quantitative estimate of drug-likeness (QED) is 0.756. The molecule has 0 saturated heterocycles. The van der Waals surface area contributed by atoms with E-state index in [0.29, 0.717) is 0 Å². The minimum atomic E-state index is -0.431. The van der Waals surface area contributed by atoms with Gasteiger partial charge in [-0.25, -0.2) is 0 Å². The predicted octanol–water partition coefficient (Wildman–Crippen LogP) is 5.07. The molecule has 2 rings (SSSR count). The first-order valence-electron chi connectivity index (χ1n) is 6.81. The normalized spacial score (nSPS) is 21.6. The topological polar surface area (TPSA) is 20.2 Å². The summed E-state index contributed by atoms with van der Waals surface area (Å²) in [6.45, 7) is 2.06. The van der Waals surface area contributed by atoms with Gasteiger partial charge in [0.2, 0.25) is 0 Å². The molecule has 1 aromatic carbocycles. The summed E-state index contributed by atoms with van der Waals surface area (Å²) in [4.78, 5) is 0. The van der Waals surface area contributed by atoms with Gasteiger partial charge in [0, 0.05) is 4.47 Å². The number of allylic oxidation sites excluding steroid dienone is 1. The number of aliphatic hydroxyl groups is 1. The number of aliphatic hydroxyl groups excluding tert-OH is 1. The van der Waals surface area contributed by atoms with E-state index >= 15 is 0 Å². The van der Waals surface area contributed by atoms with E-state index in [1.54, 1.807) is 0 Å². The summed E-state index contributed by atoms with van der Waals surface area (Å²) in [7, 11) is 0. The Balaban J connectivity index is 2.18. The number of hydrogen-bond acceptors (Lipinski definition) is 1. The Hall–Kier alpha value is -0.600. The third-order valence-electron chi connectivity index (χ3n) is 3.69. The Labute approximate surface area is 118 Å². The first-order valence-corrected chi connectivity index (χ1v) is 7.61. The molecular formula is C16H21BrO. The van der Waals surface area contributed by atoms with Gasteiger partial charge in [-0.2, -0.15) is 0 Å². The van der Waals surface area contributed by atoms with Crippen molar-refractivity contribution in [3.8, 4) is 0 Å². The van der Waals surface area contributed by atoms with Gasteiger partial charge in [0.15, 0.2) is 0 Å². The van der Waals surface area contributed by atoms with Gasteiger partial charge in [0.05, 0.1) is 0 Å². The average Bonchev–Trinajstić information content (AvgIpc) is 2.31. The molecular weight excluding hydrogens is 288 g/mol. The van der Waals surface area contributed by atoms with E-state index in [9.17, 15) is 5.11 Å². The fourth-order valence-electron chi connectivity index (χ4n) is 2.46. The molecule has 0 aliphatic heterocycles. The zero-order valence-electron chi connectivity index (χ0n) is 11.0. The van der Waals surface area contributed by atoms with Crippen molar-refractivity contribution >= 4 is 15.9 Å². The summed E-state index contributed by atoms with van der Waals surface area (Å²) >= 11 is 3.54. The molecule has 2 heteroatoms. The van der Waals surface area contributed by atoms with E-state index in [2.05, 4.69) is 35.0 Å². The van der Waals surface area contributed by atoms with Gasteiger partial charge in [0.25, 0.3) is 0 Å². The summed E-state index contributed by atoms with van der Waals surface area (Å²) in [6, 6.07) is 6.14. The molecule has 18 heavy (non-hydrogen) atoms. The van der Waals surface area contributed by atoms with E-state index in [1.165, 1.54) is 36.8 Å². The summed E-state index contributed by atoms with van der Waals surface area (Å²) in [5.74, 6) is 0. The number of rotatable bonds is 2. The van der Waals surface area contributed by atoms with Gasteiger partial charge >= 0.3 is 0 Å². The van der Waals surface area contributed by atoms with Crippen LogP contribution in [0.1, 0.15) is 55.8 Å². The van der Waals surface area contributed by atoms with Crippen LogP contribution in [-0.4, -0.2) is 5.11 Å². The smallest absolute Gasteiger partial charge is 0.100 e. The zero-order chi connectivity index (χ0) is 13.0. The van der Waals surface area contributed by atoms with Gasteiger partial charge in [-0.05, 0) is 55.4 Å². The van der Waals surface area contributed by atoms with Gasteiger partial charge in [-0.1, -0.05) is 47.0 Å². The fourth-order valence-corrected chi connectivity index (χ4v) is 2.85. The highest BCUT2D eigenvalue weighted by molar-refractivity contribution is 9.10. The summed E-state index contributed by atoms with van der Waals surface area (Å²) in [6.07, 6.45) is 9.05. The second kappa shape index (κ2) is 6.53. The van der Waals surface area contributed by atoms with Crippen molar-refractivity contribution in [2.75, 3.05) is 0 Å². The molecule has 0 fully saturated rings. The summed E-state index contributed by atoms with van der Waals surface area (Å²) < 4.78 is 1.07. The Morgan fingerprint density at radius 3 is 2.72 bits per heavy atom. The molecule has 1 aromatic rings. The first-order chi connectivity index (χ1) is 8.68. The van der Waals surface area contributed by atoms with Crippen LogP contribution in [0.3, 0.4) is 0 Å². The van der Waals surface area contributed by atoms with Crippen LogP contribution in [0.15, 0.2) is 34.3 Å². The molecule has 1 nitrogen and oxygen atoms in total. The van der Waals surface area contributed by atoms with E-state index in [1.807, 2.05) is 12.1 Å². The van der Waals surface area contributed by atoms with E-state index < -0.39 is 6.10 Å². The lowest BCUT2D eigenvalue weighted by atomic mass is 9.92. The number of aryl methyl sites for hydroxylation is 1. The van der Waals surface area contributed by atoms with Gasteiger partial charge in [0.1, 0.15) is 6.10 Å². The molecule has 1 N–H and O–H groups in total. The number of hydrogen-bond donors (Lipinski definition) is 1. The van der Waals surface area contributed by atoms with E-state index in [0.717, 1.165) is 22.9 Å². The maximum Gasteiger partial charge on any atom is 0.100 e. The van der Waals surface area contributed by atoms with Crippen LogP contribution in [-0.2, 0) is 0 Å². The Morgan fingerprint density at radius 1 is 1.17 bits per heavy atom. The SMILES string of the molecule is Cc1ccc(C(O)/C2=C/CCCCCC2)cc1Br. The van der Waals surface area contributed by atoms with E-state index in [4.69, 9.17) is 0 Å². The maximum absolute atomic E-state index is 10.5. The van der Waals surface area contributed by atoms with Gasteiger partial charge in [-0.15, -0.1) is 0 Å². The van der Waals surface area contributed by atoms with Crippen molar-refractivity contribution in [1.82, 2.24) is 0 Å². The van der Waals surface area contributed by atoms with Crippen molar-refractivity contribution < 1.29 is 5.11 Å². The Kier molecular flexibility index (Phi) is 5.02. The van der Waals surface area contributed by atoms with Gasteiger partial charge in [-0.3, -0.25) is 0 Å². The number of halogens is 1. The molecule has 0 saturated carbocycles. The predicted molar refractivity (Wildman–Crippen MR) is 79.6 cm³/mol. The second-order valence-electron chi connectivity index (χ2n) is 5.14. The minimum Gasteiger partial charge on any atom is -0.384 e. The third-order valence-corrected chi connectivity index (χ3v) is 4.54. The summed E-state index contributed by atoms with van der Waals surface area (Å²) in [5.41, 5.74) is 3.40. The monoisotopic (exact) mass is 308 g/mol. The van der Waals surface area contributed by atoms with Crippen LogP contribution in [0.2, 0.25) is 0 Å². The van der Waals surface area contributed by atoms with Crippen molar-refractivity contribution in [3.05, 3.63) is 45.4 Å². The van der Waals surface area contributed by atoms with E-state index in [-0.39, 0.29) is 0 Å².